The third kappa shape index (κ3) is 14.7. The third-order valence-electron chi connectivity index (χ3n) is 10.2. The molecule has 0 bridgehead atoms. The van der Waals surface area contributed by atoms with E-state index in [0.717, 1.165) is 51.4 Å². The number of carbonyl (C=O) groups excluding carboxylic acids is 6. The Morgan fingerprint density at radius 1 is 0.729 bits per heavy atom. The lowest BCUT2D eigenvalue weighted by Crippen LogP contribution is -2.58. The average Bonchev–Trinajstić information content (AvgIpc) is 3.23. The van der Waals surface area contributed by atoms with E-state index in [2.05, 4.69) is 33.5 Å². The first-order valence-electron chi connectivity index (χ1n) is 20.5. The van der Waals surface area contributed by atoms with Gasteiger partial charge in [-0.25, -0.2) is 4.79 Å². The van der Waals surface area contributed by atoms with Crippen molar-refractivity contribution in [3.63, 3.8) is 0 Å². The highest BCUT2D eigenvalue weighted by Crippen LogP contribution is 2.27. The number of amides is 5. The number of nitrogens with one attached hydrogen (secondary N) is 5. The van der Waals surface area contributed by atoms with E-state index in [-0.39, 0.29) is 24.7 Å². The smallest absolute Gasteiger partial charge is 0.330 e. The van der Waals surface area contributed by atoms with Crippen molar-refractivity contribution in [1.82, 2.24) is 26.6 Å². The number of hydrogen-bond donors (Lipinski definition) is 6. The molecule has 0 aliphatic heterocycles. The Bertz CT molecular complexity index is 1900. The molecule has 4 unspecified atom stereocenters. The zero-order valence-electron chi connectivity index (χ0n) is 34.1. The lowest BCUT2D eigenvalue weighted by atomic mass is 9.83. The molecular weight excluding hydrogens is 755 g/mol. The molecule has 5 amide bonds. The Morgan fingerprint density at radius 3 is 2.07 bits per heavy atom. The quantitative estimate of drug-likeness (QED) is 0.0766. The Morgan fingerprint density at radius 2 is 1.42 bits per heavy atom. The van der Waals surface area contributed by atoms with Gasteiger partial charge in [0, 0.05) is 13.3 Å². The summed E-state index contributed by atoms with van der Waals surface area (Å²) in [6.45, 7) is 4.55. The van der Waals surface area contributed by atoms with Crippen LogP contribution in [0.5, 0.6) is 11.5 Å². The van der Waals surface area contributed by atoms with E-state index in [4.69, 9.17) is 4.74 Å². The van der Waals surface area contributed by atoms with Crippen molar-refractivity contribution >= 4 is 41.3 Å². The molecule has 1 saturated carbocycles. The van der Waals surface area contributed by atoms with Gasteiger partial charge in [-0.2, -0.15) is 0 Å². The molecule has 0 radical (unpaired) electrons. The van der Waals surface area contributed by atoms with E-state index in [9.17, 15) is 38.7 Å². The Balaban J connectivity index is 1.50. The fourth-order valence-corrected chi connectivity index (χ4v) is 7.15. The van der Waals surface area contributed by atoms with E-state index < -0.39 is 66.1 Å². The molecule has 14 heteroatoms. The Labute approximate surface area is 345 Å². The first-order chi connectivity index (χ1) is 28.4. The van der Waals surface area contributed by atoms with Crippen LogP contribution >= 0.6 is 0 Å². The van der Waals surface area contributed by atoms with Crippen molar-refractivity contribution in [2.75, 3.05) is 6.54 Å². The summed E-state index contributed by atoms with van der Waals surface area (Å²) in [6, 6.07) is 18.1. The van der Waals surface area contributed by atoms with Crippen molar-refractivity contribution in [3.05, 3.63) is 95.6 Å². The SMILES string of the molecule is CCCCc1ccc(Oc2cccc(CC(NC(=O)C(NC(C)=O)C3CCCCC3)C(=O)NC(CCC)C(=O)C(=O)NCC(=O)NC(C(=O)O)c3ccccc3)c2)cc1. The number of benzene rings is 3. The maximum absolute atomic E-state index is 14.1. The van der Waals surface area contributed by atoms with Crippen LogP contribution < -0.4 is 31.3 Å². The lowest BCUT2D eigenvalue weighted by Gasteiger charge is -2.31. The van der Waals surface area contributed by atoms with E-state index in [1.807, 2.05) is 24.3 Å². The number of ketones is 1. The maximum Gasteiger partial charge on any atom is 0.330 e. The van der Waals surface area contributed by atoms with Gasteiger partial charge in [0.25, 0.3) is 5.91 Å². The first-order valence-corrected chi connectivity index (χ1v) is 20.5. The van der Waals surface area contributed by atoms with Gasteiger partial charge in [-0.3, -0.25) is 28.8 Å². The zero-order valence-corrected chi connectivity index (χ0v) is 34.1. The summed E-state index contributed by atoms with van der Waals surface area (Å²) in [5.41, 5.74) is 2.16. The van der Waals surface area contributed by atoms with Gasteiger partial charge in [-0.1, -0.05) is 101 Å². The first kappa shape index (κ1) is 45.6. The molecule has 1 fully saturated rings. The van der Waals surface area contributed by atoms with E-state index in [0.29, 0.717) is 29.0 Å². The van der Waals surface area contributed by atoms with Crippen LogP contribution in [-0.2, 0) is 46.4 Å². The van der Waals surface area contributed by atoms with Crippen LogP contribution in [0.25, 0.3) is 0 Å². The van der Waals surface area contributed by atoms with Crippen LogP contribution in [0.3, 0.4) is 0 Å². The van der Waals surface area contributed by atoms with E-state index >= 15 is 0 Å². The molecular formula is C45H57N5O9. The molecule has 4 rings (SSSR count). The van der Waals surface area contributed by atoms with Gasteiger partial charge in [-0.05, 0) is 79.0 Å². The lowest BCUT2D eigenvalue weighted by molar-refractivity contribution is -0.142. The highest BCUT2D eigenvalue weighted by atomic mass is 16.5. The van der Waals surface area contributed by atoms with Crippen LogP contribution in [0.2, 0.25) is 0 Å². The van der Waals surface area contributed by atoms with E-state index in [1.165, 1.54) is 24.6 Å². The fraction of sp³-hybridized carbons (Fsp3) is 0.444. The second-order valence-corrected chi connectivity index (χ2v) is 15.0. The van der Waals surface area contributed by atoms with Crippen molar-refractivity contribution in [3.8, 4) is 11.5 Å². The zero-order chi connectivity index (χ0) is 42.7. The predicted octanol–water partition coefficient (Wildman–Crippen LogP) is 4.85. The number of hydrogen-bond acceptors (Lipinski definition) is 8. The minimum atomic E-state index is -1.38. The summed E-state index contributed by atoms with van der Waals surface area (Å²) >= 11 is 0. The van der Waals surface area contributed by atoms with Crippen molar-refractivity contribution in [2.24, 2.45) is 5.92 Å². The van der Waals surface area contributed by atoms with Gasteiger partial charge in [0.05, 0.1) is 12.6 Å². The molecule has 59 heavy (non-hydrogen) atoms. The molecule has 14 nitrogen and oxygen atoms in total. The van der Waals surface area contributed by atoms with Crippen LogP contribution in [0.4, 0.5) is 0 Å². The van der Waals surface area contributed by atoms with Crippen molar-refractivity contribution in [1.29, 1.82) is 0 Å². The monoisotopic (exact) mass is 811 g/mol. The summed E-state index contributed by atoms with van der Waals surface area (Å²) in [5, 5.41) is 22.5. The van der Waals surface area contributed by atoms with Crippen LogP contribution in [-0.4, -0.2) is 71.1 Å². The van der Waals surface area contributed by atoms with Gasteiger partial charge >= 0.3 is 5.97 Å². The molecule has 0 aromatic heterocycles. The number of Topliss-reactive ketones (excluding diaryl/α,β-unsaturated/α-hetero) is 1. The van der Waals surface area contributed by atoms with Gasteiger partial charge < -0.3 is 36.4 Å². The van der Waals surface area contributed by atoms with Crippen LogP contribution in [0.1, 0.15) is 101 Å². The molecule has 3 aromatic rings. The molecule has 1 aliphatic carbocycles. The molecule has 1 aliphatic rings. The molecule has 0 spiro atoms. The van der Waals surface area contributed by atoms with Gasteiger partial charge in [-0.15, -0.1) is 0 Å². The highest BCUT2D eigenvalue weighted by Gasteiger charge is 2.35. The predicted molar refractivity (Wildman–Crippen MR) is 221 cm³/mol. The minimum Gasteiger partial charge on any atom is -0.479 e. The van der Waals surface area contributed by atoms with Crippen LogP contribution in [0, 0.1) is 5.92 Å². The summed E-state index contributed by atoms with van der Waals surface area (Å²) in [6.07, 6.45) is 7.90. The second kappa shape index (κ2) is 23.4. The molecule has 0 saturated heterocycles. The minimum absolute atomic E-state index is 0.0201. The number of unbranched alkanes of at least 4 members (excludes halogenated alkanes) is 1. The van der Waals surface area contributed by atoms with Gasteiger partial charge in [0.2, 0.25) is 29.4 Å². The normalized spacial score (nSPS) is 14.7. The Kier molecular flexibility index (Phi) is 18.1. The molecule has 4 atom stereocenters. The summed E-state index contributed by atoms with van der Waals surface area (Å²) < 4.78 is 6.13. The molecule has 0 heterocycles. The summed E-state index contributed by atoms with van der Waals surface area (Å²) in [7, 11) is 0. The largest absolute Gasteiger partial charge is 0.479 e. The fourth-order valence-electron chi connectivity index (χ4n) is 7.15. The number of ether oxygens (including phenoxy) is 1. The molecule has 6 N–H and O–H groups in total. The molecule has 3 aromatic carbocycles. The summed E-state index contributed by atoms with van der Waals surface area (Å²) in [5.74, 6) is -4.99. The van der Waals surface area contributed by atoms with Crippen molar-refractivity contribution in [2.45, 2.75) is 116 Å². The van der Waals surface area contributed by atoms with Crippen LogP contribution in [0.15, 0.2) is 78.9 Å². The van der Waals surface area contributed by atoms with Gasteiger partial charge in [0.1, 0.15) is 23.6 Å². The maximum atomic E-state index is 14.1. The van der Waals surface area contributed by atoms with Crippen molar-refractivity contribution < 1.29 is 43.4 Å². The van der Waals surface area contributed by atoms with E-state index in [1.54, 1.807) is 49.4 Å². The average molecular weight is 812 g/mol. The topological polar surface area (TPSA) is 209 Å². The second-order valence-electron chi connectivity index (χ2n) is 15.0. The number of carbonyl (C=O) groups is 7. The number of aliphatic carboxylic acids is 1. The third-order valence-corrected chi connectivity index (χ3v) is 10.2. The number of carboxylic acids is 1. The number of rotatable bonds is 22. The van der Waals surface area contributed by atoms with Gasteiger partial charge in [0.15, 0.2) is 6.04 Å². The number of aryl methyl sites for hydroxylation is 1. The number of carboxylic acid groups (broad SMARTS) is 1. The Hall–Kier alpha value is -6.05. The molecule has 316 valence electrons. The standard InChI is InChI=1S/C45H57N5O9/c1-4-6-15-30-22-24-34(25-23-30)59-35-21-13-16-31(26-35)27-37(49-43(55)39(47-29(3)51)32-17-9-7-10-18-32)42(54)48-36(14-5-2)41(53)44(56)46-28-38(52)50-40(45(57)58)33-19-11-8-12-20-33/h8,11-13,16,19-26,32,36-37,39-40H,4-7,9-10,14-15,17-18,27-28H2,1-3H3,(H,46,56)(H,47,51)(H,48,54)(H,49,55)(H,50,52)(H,57,58). The summed E-state index contributed by atoms with van der Waals surface area (Å²) in [4.78, 5) is 91.4. The highest BCUT2D eigenvalue weighted by molar-refractivity contribution is 6.38.